The van der Waals surface area contributed by atoms with Gasteiger partial charge in [-0.3, -0.25) is 0 Å². The van der Waals surface area contributed by atoms with Crippen molar-refractivity contribution in [3.8, 4) is 39.1 Å². The Balaban J connectivity index is 1.37. The highest BCUT2D eigenvalue weighted by atomic mass is 19.3. The highest BCUT2D eigenvalue weighted by Gasteiger charge is 2.41. The fraction of sp³-hybridized carbons (Fsp3) is 0.143. The summed E-state index contributed by atoms with van der Waals surface area (Å²) in [7, 11) is 0. The van der Waals surface area contributed by atoms with Gasteiger partial charge in [0.1, 0.15) is 34.6 Å². The van der Waals surface area contributed by atoms with Crippen LogP contribution in [0.3, 0.4) is 0 Å². The minimum absolute atomic E-state index is 0.0388. The number of ether oxygens (including phenoxy) is 2. The van der Waals surface area contributed by atoms with E-state index in [9.17, 15) is 30.7 Å². The van der Waals surface area contributed by atoms with Gasteiger partial charge in [-0.05, 0) is 58.5 Å². The van der Waals surface area contributed by atoms with Crippen LogP contribution in [0.15, 0.2) is 84.9 Å². The van der Waals surface area contributed by atoms with Crippen LogP contribution in [0.1, 0.15) is 24.5 Å². The van der Waals surface area contributed by atoms with Crippen molar-refractivity contribution in [1.82, 2.24) is 0 Å². The maximum atomic E-state index is 15.2. The SMILES string of the molecule is CCCOCc1ccc(-c2ccc(-c3ccc(-c4cc(F)c(C(F)(F)Oc5cc(F)c(F)c(F)c5)c(F)c4)c(F)c3)c(F)c2)cc1. The standard InChI is InChI=1S/C35H23F9O2/c1-2-11-45-18-19-3-5-20(6-4-19)21-7-9-25(27(36)12-21)22-8-10-26(28(37)13-22)23-14-29(38)33(30(39)15-23)35(43,44)46-24-16-31(40)34(42)32(41)17-24/h3-10,12-17H,2,11,18H2,1H3. The van der Waals surface area contributed by atoms with Gasteiger partial charge in [0, 0.05) is 29.9 Å². The molecule has 0 saturated heterocycles. The van der Waals surface area contributed by atoms with E-state index < -0.39 is 63.7 Å². The Bertz CT molecular complexity index is 1840. The molecule has 0 aliphatic carbocycles. The van der Waals surface area contributed by atoms with Crippen LogP contribution in [0.2, 0.25) is 0 Å². The molecule has 0 amide bonds. The molecule has 238 valence electrons. The van der Waals surface area contributed by atoms with Gasteiger partial charge in [0.15, 0.2) is 17.5 Å². The van der Waals surface area contributed by atoms with Crippen molar-refractivity contribution in [2.45, 2.75) is 26.1 Å². The van der Waals surface area contributed by atoms with Crippen molar-refractivity contribution < 1.29 is 49.0 Å². The van der Waals surface area contributed by atoms with Gasteiger partial charge in [-0.15, -0.1) is 0 Å². The number of alkyl halides is 2. The summed E-state index contributed by atoms with van der Waals surface area (Å²) in [5.74, 6) is -12.4. The Morgan fingerprint density at radius 1 is 0.543 bits per heavy atom. The molecule has 0 bridgehead atoms. The van der Waals surface area contributed by atoms with Gasteiger partial charge in [0.05, 0.1) is 6.61 Å². The second kappa shape index (κ2) is 13.3. The van der Waals surface area contributed by atoms with Crippen molar-refractivity contribution >= 4 is 0 Å². The van der Waals surface area contributed by atoms with Gasteiger partial charge in [-0.2, -0.15) is 8.78 Å². The van der Waals surface area contributed by atoms with Gasteiger partial charge in [0.25, 0.3) is 0 Å². The first-order valence-electron chi connectivity index (χ1n) is 13.9. The first-order chi connectivity index (χ1) is 21.9. The molecule has 0 saturated carbocycles. The average Bonchev–Trinajstić information content (AvgIpc) is 2.99. The van der Waals surface area contributed by atoms with E-state index in [0.717, 1.165) is 29.7 Å². The van der Waals surface area contributed by atoms with Crippen molar-refractivity contribution in [2.24, 2.45) is 0 Å². The van der Waals surface area contributed by atoms with Gasteiger partial charge >= 0.3 is 6.11 Å². The van der Waals surface area contributed by atoms with Crippen LogP contribution in [0, 0.1) is 40.7 Å². The molecule has 0 spiro atoms. The highest BCUT2D eigenvalue weighted by Crippen LogP contribution is 2.39. The minimum Gasteiger partial charge on any atom is -0.429 e. The third-order valence-corrected chi connectivity index (χ3v) is 7.00. The smallest absolute Gasteiger partial charge is 0.429 e. The van der Waals surface area contributed by atoms with Crippen LogP contribution in [-0.2, 0) is 17.5 Å². The fourth-order valence-electron chi connectivity index (χ4n) is 4.77. The van der Waals surface area contributed by atoms with Crippen LogP contribution < -0.4 is 4.74 Å². The number of benzene rings is 5. The molecule has 0 heterocycles. The zero-order valence-corrected chi connectivity index (χ0v) is 23.9. The summed E-state index contributed by atoms with van der Waals surface area (Å²) >= 11 is 0. The molecule has 0 aromatic heterocycles. The molecule has 0 aliphatic rings. The molecule has 0 fully saturated rings. The second-order valence-corrected chi connectivity index (χ2v) is 10.3. The van der Waals surface area contributed by atoms with Gasteiger partial charge in [0.2, 0.25) is 0 Å². The summed E-state index contributed by atoms with van der Waals surface area (Å²) in [6.07, 6.45) is -3.91. The fourth-order valence-corrected chi connectivity index (χ4v) is 4.77. The lowest BCUT2D eigenvalue weighted by molar-refractivity contribution is -0.189. The van der Waals surface area contributed by atoms with Crippen molar-refractivity contribution in [2.75, 3.05) is 6.61 Å². The number of hydrogen-bond acceptors (Lipinski definition) is 2. The Morgan fingerprint density at radius 2 is 1.04 bits per heavy atom. The van der Waals surface area contributed by atoms with E-state index in [1.807, 2.05) is 31.2 Å². The second-order valence-electron chi connectivity index (χ2n) is 10.3. The first kappa shape index (κ1) is 32.6. The van der Waals surface area contributed by atoms with E-state index in [0.29, 0.717) is 30.9 Å². The van der Waals surface area contributed by atoms with Gasteiger partial charge < -0.3 is 9.47 Å². The summed E-state index contributed by atoms with van der Waals surface area (Å²) in [5, 5.41) is 0. The molecule has 5 aromatic rings. The summed E-state index contributed by atoms with van der Waals surface area (Å²) in [6.45, 7) is 3.10. The molecular weight excluding hydrogens is 623 g/mol. The Hall–Kier alpha value is -4.77. The summed E-state index contributed by atoms with van der Waals surface area (Å²) in [4.78, 5) is 0. The van der Waals surface area contributed by atoms with E-state index >= 15 is 8.78 Å². The Kier molecular flexibility index (Phi) is 9.43. The van der Waals surface area contributed by atoms with E-state index in [1.165, 1.54) is 18.2 Å². The maximum absolute atomic E-state index is 15.2. The van der Waals surface area contributed by atoms with Crippen LogP contribution in [0.4, 0.5) is 39.5 Å². The minimum atomic E-state index is -4.80. The summed E-state index contributed by atoms with van der Waals surface area (Å²) in [5.41, 5.74) is -0.383. The quantitative estimate of drug-likeness (QED) is 0.0854. The third kappa shape index (κ3) is 6.89. The normalized spacial score (nSPS) is 11.6. The lowest BCUT2D eigenvalue weighted by Crippen LogP contribution is -2.25. The Morgan fingerprint density at radius 3 is 1.61 bits per heavy atom. The first-order valence-corrected chi connectivity index (χ1v) is 13.9. The molecule has 0 atom stereocenters. The summed E-state index contributed by atoms with van der Waals surface area (Å²) < 4.78 is 139. The largest absolute Gasteiger partial charge is 0.432 e. The molecular formula is C35H23F9O2. The molecule has 2 nitrogen and oxygen atoms in total. The monoisotopic (exact) mass is 646 g/mol. The van der Waals surface area contributed by atoms with Crippen molar-refractivity contribution in [1.29, 1.82) is 0 Å². The lowest BCUT2D eigenvalue weighted by Gasteiger charge is -2.20. The van der Waals surface area contributed by atoms with Crippen LogP contribution in [0.5, 0.6) is 5.75 Å². The number of rotatable bonds is 10. The molecule has 5 aromatic carbocycles. The van der Waals surface area contributed by atoms with Gasteiger partial charge in [-0.25, -0.2) is 30.7 Å². The molecule has 0 unspecified atom stereocenters. The van der Waals surface area contributed by atoms with Gasteiger partial charge in [-0.1, -0.05) is 55.5 Å². The van der Waals surface area contributed by atoms with E-state index in [-0.39, 0.29) is 28.8 Å². The molecule has 0 aliphatic heterocycles. The average molecular weight is 647 g/mol. The lowest BCUT2D eigenvalue weighted by atomic mass is 9.96. The number of hydrogen-bond donors (Lipinski definition) is 0. The zero-order chi connectivity index (χ0) is 33.2. The number of halogens is 9. The van der Waals surface area contributed by atoms with Crippen LogP contribution >= 0.6 is 0 Å². The Labute approximate surface area is 257 Å². The molecule has 5 rings (SSSR count). The molecule has 46 heavy (non-hydrogen) atoms. The summed E-state index contributed by atoms with van der Waals surface area (Å²) in [6, 6.07) is 16.1. The van der Waals surface area contributed by atoms with E-state index in [4.69, 9.17) is 4.74 Å². The predicted octanol–water partition coefficient (Wildman–Crippen LogP) is 10.7. The van der Waals surface area contributed by atoms with Crippen molar-refractivity contribution in [3.05, 3.63) is 137 Å². The zero-order valence-electron chi connectivity index (χ0n) is 23.9. The molecule has 0 radical (unpaired) electrons. The molecule has 0 N–H and O–H groups in total. The maximum Gasteiger partial charge on any atom is 0.432 e. The van der Waals surface area contributed by atoms with Crippen LogP contribution in [0.25, 0.3) is 33.4 Å². The van der Waals surface area contributed by atoms with Crippen LogP contribution in [-0.4, -0.2) is 6.61 Å². The molecule has 11 heteroatoms. The van der Waals surface area contributed by atoms with E-state index in [2.05, 4.69) is 4.74 Å². The topological polar surface area (TPSA) is 18.5 Å². The van der Waals surface area contributed by atoms with E-state index in [1.54, 1.807) is 6.07 Å². The van der Waals surface area contributed by atoms with Crippen molar-refractivity contribution in [3.63, 3.8) is 0 Å². The highest BCUT2D eigenvalue weighted by molar-refractivity contribution is 5.74. The third-order valence-electron chi connectivity index (χ3n) is 7.00. The predicted molar refractivity (Wildman–Crippen MR) is 153 cm³/mol.